The van der Waals surface area contributed by atoms with Gasteiger partial charge in [0.2, 0.25) is 0 Å². The smallest absolute Gasteiger partial charge is 0.410 e. The lowest BCUT2D eigenvalue weighted by Crippen LogP contribution is -2.41. The van der Waals surface area contributed by atoms with Gasteiger partial charge in [-0.05, 0) is 51.2 Å². The van der Waals surface area contributed by atoms with E-state index in [1.54, 1.807) is 4.90 Å². The zero-order chi connectivity index (χ0) is 19.8. The van der Waals surface area contributed by atoms with Gasteiger partial charge in [-0.3, -0.25) is 0 Å². The Morgan fingerprint density at radius 3 is 2.41 bits per heavy atom. The van der Waals surface area contributed by atoms with Crippen LogP contribution in [0.2, 0.25) is 0 Å². The molecule has 6 heteroatoms. The zero-order valence-corrected chi connectivity index (χ0v) is 16.7. The van der Waals surface area contributed by atoms with Crippen molar-refractivity contribution in [3.63, 3.8) is 0 Å². The SMILES string of the molecule is COC(=O)c1cn(C)c2cc(C3CCN(C(=O)OC(C)(C)C)CC3)ccc12. The fourth-order valence-electron chi connectivity index (χ4n) is 3.65. The number of rotatable bonds is 2. The van der Waals surface area contributed by atoms with Crippen LogP contribution >= 0.6 is 0 Å². The molecule has 1 aromatic heterocycles. The molecule has 0 aliphatic carbocycles. The van der Waals surface area contributed by atoms with Crippen molar-refractivity contribution in [2.75, 3.05) is 20.2 Å². The molecule has 1 aromatic carbocycles. The normalized spacial score (nSPS) is 15.8. The predicted octanol–water partition coefficient (Wildman–Crippen LogP) is 4.08. The van der Waals surface area contributed by atoms with Crippen molar-refractivity contribution >= 4 is 23.0 Å². The number of ether oxygens (including phenoxy) is 2. The largest absolute Gasteiger partial charge is 0.465 e. The number of carbonyl (C=O) groups excluding carboxylic acids is 2. The molecule has 27 heavy (non-hydrogen) atoms. The van der Waals surface area contributed by atoms with Crippen molar-refractivity contribution in [2.24, 2.45) is 7.05 Å². The maximum absolute atomic E-state index is 12.2. The predicted molar refractivity (Wildman–Crippen MR) is 104 cm³/mol. The number of aryl methyl sites for hydroxylation is 1. The molecule has 0 bridgehead atoms. The summed E-state index contributed by atoms with van der Waals surface area (Å²) in [6, 6.07) is 6.23. The molecular weight excluding hydrogens is 344 g/mol. The van der Waals surface area contributed by atoms with E-state index in [0.29, 0.717) is 24.6 Å². The van der Waals surface area contributed by atoms with E-state index in [9.17, 15) is 9.59 Å². The number of benzene rings is 1. The Morgan fingerprint density at radius 2 is 1.81 bits per heavy atom. The minimum Gasteiger partial charge on any atom is -0.465 e. The fourth-order valence-corrected chi connectivity index (χ4v) is 3.65. The lowest BCUT2D eigenvalue weighted by atomic mass is 9.89. The molecular formula is C21H28N2O4. The van der Waals surface area contributed by atoms with Crippen molar-refractivity contribution < 1.29 is 19.1 Å². The lowest BCUT2D eigenvalue weighted by Gasteiger charge is -2.33. The Morgan fingerprint density at radius 1 is 1.15 bits per heavy atom. The summed E-state index contributed by atoms with van der Waals surface area (Å²) in [4.78, 5) is 26.0. The van der Waals surface area contributed by atoms with Crippen molar-refractivity contribution in [2.45, 2.75) is 45.1 Å². The Balaban J connectivity index is 1.73. The number of hydrogen-bond donors (Lipinski definition) is 0. The van der Waals surface area contributed by atoms with Gasteiger partial charge in [-0.15, -0.1) is 0 Å². The van der Waals surface area contributed by atoms with Gasteiger partial charge in [-0.1, -0.05) is 12.1 Å². The number of piperidine rings is 1. The first kappa shape index (κ1) is 19.3. The first-order valence-corrected chi connectivity index (χ1v) is 9.35. The number of aromatic nitrogens is 1. The van der Waals surface area contributed by atoms with Gasteiger partial charge in [0.15, 0.2) is 0 Å². The van der Waals surface area contributed by atoms with Crippen LogP contribution in [0.3, 0.4) is 0 Å². The van der Waals surface area contributed by atoms with Gasteiger partial charge in [0.25, 0.3) is 0 Å². The average Bonchev–Trinajstić information content (AvgIpc) is 2.96. The van der Waals surface area contributed by atoms with Crippen LogP contribution in [-0.2, 0) is 16.5 Å². The second-order valence-electron chi connectivity index (χ2n) is 8.16. The van der Waals surface area contributed by atoms with Crippen molar-refractivity contribution in [1.29, 1.82) is 0 Å². The van der Waals surface area contributed by atoms with E-state index < -0.39 is 5.60 Å². The molecule has 2 aromatic rings. The number of carbonyl (C=O) groups is 2. The molecule has 3 rings (SSSR count). The second-order valence-corrected chi connectivity index (χ2v) is 8.16. The van der Waals surface area contributed by atoms with Crippen molar-refractivity contribution in [3.8, 4) is 0 Å². The maximum atomic E-state index is 12.2. The highest BCUT2D eigenvalue weighted by Gasteiger charge is 2.28. The van der Waals surface area contributed by atoms with Crippen LogP contribution in [0.4, 0.5) is 4.79 Å². The summed E-state index contributed by atoms with van der Waals surface area (Å²) in [6.07, 6.45) is 3.38. The molecule has 0 unspecified atom stereocenters. The molecule has 1 aliphatic rings. The quantitative estimate of drug-likeness (QED) is 0.745. The van der Waals surface area contributed by atoms with Gasteiger partial charge >= 0.3 is 12.1 Å². The van der Waals surface area contributed by atoms with E-state index in [4.69, 9.17) is 9.47 Å². The molecule has 2 heterocycles. The molecule has 1 amide bonds. The summed E-state index contributed by atoms with van der Waals surface area (Å²) in [7, 11) is 3.33. The summed E-state index contributed by atoms with van der Waals surface area (Å²) in [5.41, 5.74) is 2.37. The molecule has 0 saturated carbocycles. The Labute approximate surface area is 160 Å². The van der Waals surface area contributed by atoms with Gasteiger partial charge in [-0.2, -0.15) is 0 Å². The first-order valence-electron chi connectivity index (χ1n) is 9.35. The van der Waals surface area contributed by atoms with E-state index in [0.717, 1.165) is 23.7 Å². The van der Waals surface area contributed by atoms with E-state index in [1.807, 2.05) is 44.6 Å². The minimum absolute atomic E-state index is 0.235. The van der Waals surface area contributed by atoms with Crippen LogP contribution in [0.15, 0.2) is 24.4 Å². The third-order valence-corrected chi connectivity index (χ3v) is 5.04. The number of hydrogen-bond acceptors (Lipinski definition) is 4. The number of likely N-dealkylation sites (tertiary alicyclic amines) is 1. The van der Waals surface area contributed by atoms with E-state index in [2.05, 4.69) is 12.1 Å². The highest BCUT2D eigenvalue weighted by molar-refractivity contribution is 6.04. The summed E-state index contributed by atoms with van der Waals surface area (Å²) in [5.74, 6) is 0.0728. The standard InChI is InChI=1S/C21H28N2O4/c1-21(2,3)27-20(25)23-10-8-14(9-11-23)15-6-7-16-17(19(24)26-5)13-22(4)18(16)12-15/h6-7,12-14H,8-11H2,1-5H3. The summed E-state index contributed by atoms with van der Waals surface area (Å²) < 4.78 is 12.3. The van der Waals surface area contributed by atoms with Crippen LogP contribution in [-0.4, -0.2) is 47.3 Å². The monoisotopic (exact) mass is 372 g/mol. The van der Waals surface area contributed by atoms with Gasteiger partial charge in [0.05, 0.1) is 12.7 Å². The van der Waals surface area contributed by atoms with Crippen LogP contribution in [0.25, 0.3) is 10.9 Å². The molecule has 146 valence electrons. The lowest BCUT2D eigenvalue weighted by molar-refractivity contribution is 0.0204. The highest BCUT2D eigenvalue weighted by Crippen LogP contribution is 2.32. The highest BCUT2D eigenvalue weighted by atomic mass is 16.6. The van der Waals surface area contributed by atoms with Crippen molar-refractivity contribution in [1.82, 2.24) is 9.47 Å². The Hall–Kier alpha value is -2.50. The van der Waals surface area contributed by atoms with Gasteiger partial charge in [0.1, 0.15) is 5.60 Å². The number of esters is 1. The van der Waals surface area contributed by atoms with E-state index in [1.165, 1.54) is 12.7 Å². The third-order valence-electron chi connectivity index (χ3n) is 5.04. The number of fused-ring (bicyclic) bond motifs is 1. The summed E-state index contributed by atoms with van der Waals surface area (Å²) >= 11 is 0. The number of amides is 1. The average molecular weight is 372 g/mol. The van der Waals surface area contributed by atoms with Crippen molar-refractivity contribution in [3.05, 3.63) is 35.5 Å². The Kier molecular flexibility index (Phi) is 5.18. The van der Waals surface area contributed by atoms with E-state index >= 15 is 0 Å². The van der Waals surface area contributed by atoms with Gasteiger partial charge < -0.3 is 18.9 Å². The Bertz CT molecular complexity index is 855. The second kappa shape index (κ2) is 7.25. The van der Waals surface area contributed by atoms with Crippen LogP contribution in [0, 0.1) is 0 Å². The molecule has 6 nitrogen and oxygen atoms in total. The molecule has 0 radical (unpaired) electrons. The topological polar surface area (TPSA) is 60.8 Å². The molecule has 1 aliphatic heterocycles. The molecule has 1 saturated heterocycles. The van der Waals surface area contributed by atoms with Crippen LogP contribution in [0.5, 0.6) is 0 Å². The summed E-state index contributed by atoms with van der Waals surface area (Å²) in [5, 5.41) is 0.902. The number of methoxy groups -OCH3 is 1. The summed E-state index contributed by atoms with van der Waals surface area (Å²) in [6.45, 7) is 7.04. The minimum atomic E-state index is -0.469. The zero-order valence-electron chi connectivity index (χ0n) is 16.7. The first-order chi connectivity index (χ1) is 12.7. The van der Waals surface area contributed by atoms with Gasteiger partial charge in [0, 0.05) is 37.2 Å². The molecule has 0 spiro atoms. The maximum Gasteiger partial charge on any atom is 0.410 e. The molecule has 0 N–H and O–H groups in total. The third kappa shape index (κ3) is 4.10. The number of nitrogens with zero attached hydrogens (tertiary/aromatic N) is 2. The molecule has 0 atom stereocenters. The van der Waals surface area contributed by atoms with Crippen LogP contribution in [0.1, 0.15) is 55.5 Å². The fraction of sp³-hybridized carbons (Fsp3) is 0.524. The van der Waals surface area contributed by atoms with Crippen LogP contribution < -0.4 is 0 Å². The molecule has 1 fully saturated rings. The van der Waals surface area contributed by atoms with E-state index in [-0.39, 0.29) is 12.1 Å². The van der Waals surface area contributed by atoms with Gasteiger partial charge in [-0.25, -0.2) is 9.59 Å².